The van der Waals surface area contributed by atoms with E-state index in [1.54, 1.807) is 0 Å². The Balaban J connectivity index is 2.35. The highest BCUT2D eigenvalue weighted by molar-refractivity contribution is 9.10. The van der Waals surface area contributed by atoms with Crippen LogP contribution in [0, 0.1) is 0 Å². The van der Waals surface area contributed by atoms with Crippen LogP contribution in [0.2, 0.25) is 0 Å². The number of hydrogen-bond donors (Lipinski definition) is 0. The fourth-order valence-electron chi connectivity index (χ4n) is 1.58. The second kappa shape index (κ2) is 5.17. The number of ether oxygens (including phenoxy) is 1. The molecule has 0 heterocycles. The summed E-state index contributed by atoms with van der Waals surface area (Å²) < 4.78 is 6.48. The highest BCUT2D eigenvalue weighted by Gasteiger charge is 2.03. The molecule has 0 atom stereocenters. The van der Waals surface area contributed by atoms with Gasteiger partial charge in [0.25, 0.3) is 0 Å². The second-order valence-electron chi connectivity index (χ2n) is 3.44. The van der Waals surface area contributed by atoms with Gasteiger partial charge >= 0.3 is 0 Å². The number of hydrogen-bond acceptors (Lipinski definition) is 1. The molecule has 0 spiro atoms. The van der Waals surface area contributed by atoms with Crippen LogP contribution >= 0.6 is 15.9 Å². The van der Waals surface area contributed by atoms with Gasteiger partial charge < -0.3 is 4.74 Å². The Kier molecular flexibility index (Phi) is 3.62. The predicted molar refractivity (Wildman–Crippen MR) is 70.7 cm³/mol. The van der Waals surface area contributed by atoms with Gasteiger partial charge in [-0.05, 0) is 46.1 Å². The van der Waals surface area contributed by atoms with E-state index in [0.717, 1.165) is 10.2 Å². The van der Waals surface area contributed by atoms with Gasteiger partial charge in [-0.1, -0.05) is 36.4 Å². The summed E-state index contributed by atoms with van der Waals surface area (Å²) in [4.78, 5) is 0. The molecule has 0 saturated heterocycles. The second-order valence-corrected chi connectivity index (χ2v) is 4.30. The molecule has 0 aliphatic carbocycles. The predicted octanol–water partition coefficient (Wildman–Crippen LogP) is 4.51. The molecule has 0 bridgehead atoms. The Labute approximate surface area is 104 Å². The minimum absolute atomic E-state index is 0.684. The first-order chi connectivity index (χ1) is 7.81. The van der Waals surface area contributed by atoms with Crippen molar-refractivity contribution in [1.29, 1.82) is 0 Å². The van der Waals surface area contributed by atoms with E-state index in [0.29, 0.717) is 6.61 Å². The molecule has 2 rings (SSSR count). The molecule has 16 heavy (non-hydrogen) atoms. The van der Waals surface area contributed by atoms with Crippen molar-refractivity contribution in [3.05, 3.63) is 53.0 Å². The molecule has 0 aromatic heterocycles. The topological polar surface area (TPSA) is 9.23 Å². The zero-order valence-corrected chi connectivity index (χ0v) is 10.7. The molecule has 2 aromatic rings. The average molecular weight is 277 g/mol. The molecule has 0 aliphatic heterocycles. The van der Waals surface area contributed by atoms with Crippen LogP contribution in [-0.2, 0) is 0 Å². The summed E-state index contributed by atoms with van der Waals surface area (Å²) in [5, 5.41) is 0. The normalized spacial score (nSPS) is 10.1. The summed E-state index contributed by atoms with van der Waals surface area (Å²) in [7, 11) is 0. The lowest BCUT2D eigenvalue weighted by Crippen LogP contribution is -1.92. The Bertz CT molecular complexity index is 465. The lowest BCUT2D eigenvalue weighted by molar-refractivity contribution is 0.338. The van der Waals surface area contributed by atoms with Crippen molar-refractivity contribution in [3.8, 4) is 16.9 Å². The van der Waals surface area contributed by atoms with Gasteiger partial charge in [-0.25, -0.2) is 0 Å². The van der Waals surface area contributed by atoms with Crippen LogP contribution in [0.3, 0.4) is 0 Å². The fourth-order valence-corrected chi connectivity index (χ4v) is 2.08. The van der Waals surface area contributed by atoms with E-state index in [4.69, 9.17) is 4.74 Å². The summed E-state index contributed by atoms with van der Waals surface area (Å²) in [6.45, 7) is 2.67. The van der Waals surface area contributed by atoms with Crippen molar-refractivity contribution in [2.45, 2.75) is 6.92 Å². The number of halogens is 1. The first kappa shape index (κ1) is 11.2. The first-order valence-corrected chi connectivity index (χ1v) is 6.08. The quantitative estimate of drug-likeness (QED) is 0.801. The summed E-state index contributed by atoms with van der Waals surface area (Å²) >= 11 is 3.52. The highest BCUT2D eigenvalue weighted by Crippen LogP contribution is 2.30. The largest absolute Gasteiger partial charge is 0.493 e. The molecule has 0 saturated carbocycles. The van der Waals surface area contributed by atoms with Gasteiger partial charge in [-0.15, -0.1) is 0 Å². The Hall–Kier alpha value is -1.28. The van der Waals surface area contributed by atoms with E-state index in [9.17, 15) is 0 Å². The third kappa shape index (κ3) is 2.45. The SMILES string of the molecule is CCOc1ccc(-c2ccccc2)cc1Br. The minimum Gasteiger partial charge on any atom is -0.493 e. The van der Waals surface area contributed by atoms with Crippen LogP contribution in [0.5, 0.6) is 5.75 Å². The standard InChI is InChI=1S/C14H13BrO/c1-2-16-14-9-8-12(10-13(14)15)11-6-4-3-5-7-11/h3-10H,2H2,1H3. The zero-order valence-electron chi connectivity index (χ0n) is 9.11. The van der Waals surface area contributed by atoms with Crippen molar-refractivity contribution in [2.24, 2.45) is 0 Å². The summed E-state index contributed by atoms with van der Waals surface area (Å²) in [5.74, 6) is 0.891. The molecule has 0 N–H and O–H groups in total. The summed E-state index contributed by atoms with van der Waals surface area (Å²) in [5.41, 5.74) is 2.40. The maximum absolute atomic E-state index is 5.48. The average Bonchev–Trinajstić information content (AvgIpc) is 2.33. The van der Waals surface area contributed by atoms with Gasteiger partial charge in [0.05, 0.1) is 11.1 Å². The molecular weight excluding hydrogens is 264 g/mol. The van der Waals surface area contributed by atoms with E-state index < -0.39 is 0 Å². The number of benzene rings is 2. The van der Waals surface area contributed by atoms with Crippen LogP contribution in [-0.4, -0.2) is 6.61 Å². The van der Waals surface area contributed by atoms with Crippen molar-refractivity contribution < 1.29 is 4.74 Å². The molecule has 82 valence electrons. The third-order valence-electron chi connectivity index (χ3n) is 2.34. The van der Waals surface area contributed by atoms with Gasteiger partial charge in [0.2, 0.25) is 0 Å². The molecule has 0 aliphatic rings. The van der Waals surface area contributed by atoms with Crippen molar-refractivity contribution in [2.75, 3.05) is 6.61 Å². The smallest absolute Gasteiger partial charge is 0.133 e. The lowest BCUT2D eigenvalue weighted by atomic mass is 10.1. The first-order valence-electron chi connectivity index (χ1n) is 5.29. The van der Waals surface area contributed by atoms with Crippen LogP contribution in [0.1, 0.15) is 6.92 Å². The van der Waals surface area contributed by atoms with E-state index in [1.165, 1.54) is 11.1 Å². The maximum Gasteiger partial charge on any atom is 0.133 e. The van der Waals surface area contributed by atoms with Crippen LogP contribution < -0.4 is 4.74 Å². The van der Waals surface area contributed by atoms with Gasteiger partial charge in [-0.2, -0.15) is 0 Å². The maximum atomic E-state index is 5.48. The summed E-state index contributed by atoms with van der Waals surface area (Å²) in [6.07, 6.45) is 0. The lowest BCUT2D eigenvalue weighted by Gasteiger charge is -2.08. The molecule has 2 aromatic carbocycles. The fraction of sp³-hybridized carbons (Fsp3) is 0.143. The Morgan fingerprint density at radius 3 is 2.38 bits per heavy atom. The van der Waals surface area contributed by atoms with Gasteiger partial charge in [0.1, 0.15) is 5.75 Å². The van der Waals surface area contributed by atoms with Crippen molar-refractivity contribution in [3.63, 3.8) is 0 Å². The van der Waals surface area contributed by atoms with Crippen LogP contribution in [0.15, 0.2) is 53.0 Å². The van der Waals surface area contributed by atoms with Crippen molar-refractivity contribution in [1.82, 2.24) is 0 Å². The Morgan fingerprint density at radius 2 is 1.75 bits per heavy atom. The minimum atomic E-state index is 0.684. The van der Waals surface area contributed by atoms with Gasteiger partial charge in [0, 0.05) is 0 Å². The molecule has 0 radical (unpaired) electrons. The highest BCUT2D eigenvalue weighted by atomic mass is 79.9. The third-order valence-corrected chi connectivity index (χ3v) is 2.96. The molecule has 0 amide bonds. The monoisotopic (exact) mass is 276 g/mol. The molecular formula is C14H13BrO. The van der Waals surface area contributed by atoms with Gasteiger partial charge in [0.15, 0.2) is 0 Å². The van der Waals surface area contributed by atoms with Crippen molar-refractivity contribution >= 4 is 15.9 Å². The molecule has 1 nitrogen and oxygen atoms in total. The number of rotatable bonds is 3. The zero-order chi connectivity index (χ0) is 11.4. The molecule has 0 fully saturated rings. The van der Waals surface area contributed by atoms with E-state index >= 15 is 0 Å². The van der Waals surface area contributed by atoms with E-state index in [-0.39, 0.29) is 0 Å². The van der Waals surface area contributed by atoms with Crippen LogP contribution in [0.4, 0.5) is 0 Å². The van der Waals surface area contributed by atoms with E-state index in [1.807, 2.05) is 31.2 Å². The molecule has 0 unspecified atom stereocenters. The Morgan fingerprint density at radius 1 is 1.00 bits per heavy atom. The molecule has 2 heteroatoms. The summed E-state index contributed by atoms with van der Waals surface area (Å²) in [6, 6.07) is 16.5. The van der Waals surface area contributed by atoms with Crippen LogP contribution in [0.25, 0.3) is 11.1 Å². The van der Waals surface area contributed by atoms with E-state index in [2.05, 4.69) is 40.2 Å². The van der Waals surface area contributed by atoms with Gasteiger partial charge in [-0.3, -0.25) is 0 Å².